The van der Waals surface area contributed by atoms with Crippen LogP contribution in [0.15, 0.2) is 16.6 Å². The van der Waals surface area contributed by atoms with E-state index in [-0.39, 0.29) is 24.1 Å². The molecule has 106 valence electrons. The van der Waals surface area contributed by atoms with Crippen LogP contribution in [0.2, 0.25) is 0 Å². The lowest BCUT2D eigenvalue weighted by Gasteiger charge is -2.15. The lowest BCUT2D eigenvalue weighted by Crippen LogP contribution is -2.30. The Labute approximate surface area is 120 Å². The molecule has 0 aliphatic carbocycles. The summed E-state index contributed by atoms with van der Waals surface area (Å²) in [5.41, 5.74) is 5.69. The van der Waals surface area contributed by atoms with Crippen molar-refractivity contribution < 1.29 is 14.3 Å². The molecule has 1 unspecified atom stereocenters. The summed E-state index contributed by atoms with van der Waals surface area (Å²) in [4.78, 5) is 12.0. The highest BCUT2D eigenvalue weighted by atomic mass is 79.9. The van der Waals surface area contributed by atoms with Crippen LogP contribution < -0.4 is 11.1 Å². The number of nitrogens with one attached hydrogen (secondary N) is 1. The summed E-state index contributed by atoms with van der Waals surface area (Å²) in [6.07, 6.45) is 1.51. The minimum atomic E-state index is -0.560. The Morgan fingerprint density at radius 1 is 1.58 bits per heavy atom. The van der Waals surface area contributed by atoms with E-state index in [1.807, 2.05) is 6.92 Å². The first kappa shape index (κ1) is 15.9. The Bertz CT molecular complexity index is 455. The highest BCUT2D eigenvalue weighted by molar-refractivity contribution is 9.10. The minimum Gasteiger partial charge on any atom is -0.396 e. The molecule has 0 saturated heterocycles. The maximum Gasteiger partial charge on any atom is 0.252 e. The van der Waals surface area contributed by atoms with Crippen LogP contribution in [0.1, 0.15) is 30.1 Å². The molecule has 1 aromatic rings. The van der Waals surface area contributed by atoms with E-state index in [2.05, 4.69) is 21.2 Å². The Morgan fingerprint density at radius 3 is 2.84 bits per heavy atom. The molecule has 0 aliphatic rings. The molecule has 1 atom stereocenters. The number of halogens is 2. The summed E-state index contributed by atoms with van der Waals surface area (Å²) in [6.45, 7) is 2.57. The van der Waals surface area contributed by atoms with E-state index in [0.29, 0.717) is 23.0 Å². The van der Waals surface area contributed by atoms with Crippen molar-refractivity contribution >= 4 is 27.5 Å². The summed E-state index contributed by atoms with van der Waals surface area (Å²) in [5, 5.41) is 11.6. The third kappa shape index (κ3) is 4.47. The van der Waals surface area contributed by atoms with Crippen LogP contribution in [0.3, 0.4) is 0 Å². The number of anilines is 1. The molecule has 0 bridgehead atoms. The predicted molar refractivity (Wildman–Crippen MR) is 76.3 cm³/mol. The Hall–Kier alpha value is -1.14. The standard InChI is InChI=1S/C13H18BrFN2O2/c1-2-8(3-4-18)7-17-13(19)9-5-12(16)11(15)6-10(9)14/h5-6,8,18H,2-4,7,16H2,1H3,(H,17,19). The van der Waals surface area contributed by atoms with Gasteiger partial charge in [-0.2, -0.15) is 0 Å². The minimum absolute atomic E-state index is 0.0595. The van der Waals surface area contributed by atoms with Crippen molar-refractivity contribution in [2.45, 2.75) is 19.8 Å². The summed E-state index contributed by atoms with van der Waals surface area (Å²) >= 11 is 3.14. The third-order valence-corrected chi connectivity index (χ3v) is 3.65. The van der Waals surface area contributed by atoms with Gasteiger partial charge in [-0.15, -0.1) is 0 Å². The van der Waals surface area contributed by atoms with Gasteiger partial charge >= 0.3 is 0 Å². The lowest BCUT2D eigenvalue weighted by atomic mass is 10.0. The number of nitrogens with two attached hydrogens (primary N) is 1. The topological polar surface area (TPSA) is 75.3 Å². The van der Waals surface area contributed by atoms with Crippen molar-refractivity contribution in [3.63, 3.8) is 0 Å². The van der Waals surface area contributed by atoms with Crippen molar-refractivity contribution in [3.05, 3.63) is 28.0 Å². The van der Waals surface area contributed by atoms with Crippen LogP contribution in [0, 0.1) is 11.7 Å². The van der Waals surface area contributed by atoms with Crippen LogP contribution in [0.5, 0.6) is 0 Å². The van der Waals surface area contributed by atoms with Gasteiger partial charge in [-0.1, -0.05) is 13.3 Å². The summed E-state index contributed by atoms with van der Waals surface area (Å²) in [5.74, 6) is -0.643. The molecule has 0 spiro atoms. The van der Waals surface area contributed by atoms with Gasteiger partial charge in [-0.05, 0) is 40.4 Å². The van der Waals surface area contributed by atoms with Gasteiger partial charge in [0.2, 0.25) is 0 Å². The van der Waals surface area contributed by atoms with Crippen LogP contribution in [0.25, 0.3) is 0 Å². The van der Waals surface area contributed by atoms with E-state index < -0.39 is 5.82 Å². The average molecular weight is 333 g/mol. The fraction of sp³-hybridized carbons (Fsp3) is 0.462. The zero-order valence-corrected chi connectivity index (χ0v) is 12.3. The number of benzene rings is 1. The average Bonchev–Trinajstić information content (AvgIpc) is 2.38. The lowest BCUT2D eigenvalue weighted by molar-refractivity contribution is 0.0943. The number of nitrogen functional groups attached to an aromatic ring is 1. The molecule has 1 aromatic carbocycles. The van der Waals surface area contributed by atoms with Crippen LogP contribution in [-0.4, -0.2) is 24.2 Å². The fourth-order valence-corrected chi connectivity index (χ4v) is 2.20. The van der Waals surface area contributed by atoms with Gasteiger partial charge in [-0.3, -0.25) is 4.79 Å². The number of hydrogen-bond acceptors (Lipinski definition) is 3. The Morgan fingerprint density at radius 2 is 2.26 bits per heavy atom. The SMILES string of the molecule is CCC(CCO)CNC(=O)c1cc(N)c(F)cc1Br. The summed E-state index contributed by atoms with van der Waals surface area (Å²) in [6, 6.07) is 2.48. The van der Waals surface area contributed by atoms with Gasteiger partial charge in [0.05, 0.1) is 11.3 Å². The number of rotatable bonds is 6. The second-order valence-electron chi connectivity index (χ2n) is 4.35. The first-order valence-electron chi connectivity index (χ1n) is 6.13. The predicted octanol–water partition coefficient (Wildman–Crippen LogP) is 2.31. The van der Waals surface area contributed by atoms with E-state index in [4.69, 9.17) is 10.8 Å². The number of amides is 1. The van der Waals surface area contributed by atoms with Gasteiger partial charge in [0.1, 0.15) is 5.82 Å². The molecular formula is C13H18BrFN2O2. The van der Waals surface area contributed by atoms with Crippen molar-refractivity contribution in [1.29, 1.82) is 0 Å². The summed E-state index contributed by atoms with van der Waals surface area (Å²) in [7, 11) is 0. The molecule has 4 nitrogen and oxygen atoms in total. The number of aliphatic hydroxyl groups excluding tert-OH is 1. The molecule has 0 fully saturated rings. The molecule has 0 heterocycles. The van der Waals surface area contributed by atoms with E-state index >= 15 is 0 Å². The maximum absolute atomic E-state index is 13.2. The molecule has 0 saturated carbocycles. The summed E-state index contributed by atoms with van der Waals surface area (Å²) < 4.78 is 13.5. The third-order valence-electron chi connectivity index (χ3n) is 3.00. The van der Waals surface area contributed by atoms with E-state index in [1.54, 1.807) is 0 Å². The quantitative estimate of drug-likeness (QED) is 0.700. The largest absolute Gasteiger partial charge is 0.396 e. The number of carbonyl (C=O) groups excluding carboxylic acids is 1. The van der Waals surface area contributed by atoms with Crippen molar-refractivity contribution in [2.75, 3.05) is 18.9 Å². The molecule has 0 radical (unpaired) electrons. The fourth-order valence-electron chi connectivity index (χ4n) is 1.71. The Balaban J connectivity index is 2.70. The molecule has 1 amide bonds. The monoisotopic (exact) mass is 332 g/mol. The van der Waals surface area contributed by atoms with E-state index in [1.165, 1.54) is 12.1 Å². The van der Waals surface area contributed by atoms with Gasteiger partial charge in [0, 0.05) is 17.6 Å². The molecule has 0 aliphatic heterocycles. The second kappa shape index (κ2) is 7.45. The van der Waals surface area contributed by atoms with Crippen molar-refractivity contribution in [3.8, 4) is 0 Å². The van der Waals surface area contributed by atoms with Gasteiger partial charge in [0.15, 0.2) is 0 Å². The highest BCUT2D eigenvalue weighted by Gasteiger charge is 2.14. The number of aliphatic hydroxyl groups is 1. The molecule has 0 aromatic heterocycles. The molecule has 6 heteroatoms. The first-order chi connectivity index (χ1) is 8.99. The molecule has 1 rings (SSSR count). The molecule has 19 heavy (non-hydrogen) atoms. The van der Waals surface area contributed by atoms with Crippen LogP contribution >= 0.6 is 15.9 Å². The molecular weight excluding hydrogens is 315 g/mol. The van der Waals surface area contributed by atoms with Gasteiger partial charge < -0.3 is 16.2 Å². The van der Waals surface area contributed by atoms with Gasteiger partial charge in [0.25, 0.3) is 5.91 Å². The Kier molecular flexibility index (Phi) is 6.24. The second-order valence-corrected chi connectivity index (χ2v) is 5.20. The first-order valence-corrected chi connectivity index (χ1v) is 6.92. The molecule has 4 N–H and O–H groups in total. The van der Waals surface area contributed by atoms with Crippen molar-refractivity contribution in [1.82, 2.24) is 5.32 Å². The van der Waals surface area contributed by atoms with Gasteiger partial charge in [-0.25, -0.2) is 4.39 Å². The van der Waals surface area contributed by atoms with Crippen LogP contribution in [0.4, 0.5) is 10.1 Å². The number of carbonyl (C=O) groups is 1. The highest BCUT2D eigenvalue weighted by Crippen LogP contribution is 2.22. The normalized spacial score (nSPS) is 12.2. The smallest absolute Gasteiger partial charge is 0.252 e. The zero-order valence-electron chi connectivity index (χ0n) is 10.7. The van der Waals surface area contributed by atoms with Crippen LogP contribution in [-0.2, 0) is 0 Å². The number of hydrogen-bond donors (Lipinski definition) is 3. The van der Waals surface area contributed by atoms with E-state index in [9.17, 15) is 9.18 Å². The maximum atomic E-state index is 13.2. The van der Waals surface area contributed by atoms with E-state index in [0.717, 1.165) is 6.42 Å². The van der Waals surface area contributed by atoms with Crippen molar-refractivity contribution in [2.24, 2.45) is 5.92 Å². The zero-order chi connectivity index (χ0) is 14.4.